The molecule has 0 aromatic carbocycles. The quantitative estimate of drug-likeness (QED) is 0.905. The molecule has 1 unspecified atom stereocenters. The lowest BCUT2D eigenvalue weighted by atomic mass is 10.0. The van der Waals surface area contributed by atoms with Crippen LogP contribution in [0, 0.1) is 13.8 Å². The van der Waals surface area contributed by atoms with E-state index < -0.39 is 6.10 Å². The molecule has 1 atom stereocenters. The van der Waals surface area contributed by atoms with Crippen molar-refractivity contribution in [3.05, 3.63) is 28.8 Å². The smallest absolute Gasteiger partial charge is 0.163 e. The minimum absolute atomic E-state index is 0.594. The maximum absolute atomic E-state index is 10.7. The molecule has 19 heavy (non-hydrogen) atoms. The van der Waals surface area contributed by atoms with Gasteiger partial charge in [-0.3, -0.25) is 9.36 Å². The summed E-state index contributed by atoms with van der Waals surface area (Å²) >= 11 is 0. The number of methoxy groups -OCH3 is 1. The number of ether oxygens (including phenoxy) is 1. The van der Waals surface area contributed by atoms with E-state index in [9.17, 15) is 5.11 Å². The average molecular weight is 264 g/mol. The van der Waals surface area contributed by atoms with Crippen molar-refractivity contribution in [2.45, 2.75) is 33.4 Å². The van der Waals surface area contributed by atoms with E-state index in [0.717, 1.165) is 17.0 Å². The van der Waals surface area contributed by atoms with Gasteiger partial charge >= 0.3 is 0 Å². The molecule has 104 valence electrons. The molecule has 0 saturated heterocycles. The second-order valence-corrected chi connectivity index (χ2v) is 4.52. The van der Waals surface area contributed by atoms with Crippen molar-refractivity contribution < 1.29 is 9.84 Å². The molecule has 2 aromatic heterocycles. The van der Waals surface area contributed by atoms with Crippen molar-refractivity contribution in [3.8, 4) is 5.75 Å². The fourth-order valence-corrected chi connectivity index (χ4v) is 2.39. The molecule has 6 heteroatoms. The molecule has 0 aliphatic heterocycles. The zero-order valence-corrected chi connectivity index (χ0v) is 12.0. The van der Waals surface area contributed by atoms with Gasteiger partial charge in [0.2, 0.25) is 0 Å². The largest absolute Gasteiger partial charge is 0.493 e. The van der Waals surface area contributed by atoms with Gasteiger partial charge < -0.3 is 9.84 Å². The number of aliphatic hydroxyl groups is 1. The Morgan fingerprint density at radius 2 is 2.11 bits per heavy atom. The van der Waals surface area contributed by atoms with Crippen molar-refractivity contribution in [1.29, 1.82) is 0 Å². The lowest BCUT2D eigenvalue weighted by molar-refractivity contribution is 0.201. The first-order valence-electron chi connectivity index (χ1n) is 6.29. The predicted molar refractivity (Wildman–Crippen MR) is 71.2 cm³/mol. The number of aliphatic hydroxyl groups excluding tert-OH is 1. The Morgan fingerprint density at radius 3 is 2.58 bits per heavy atom. The van der Waals surface area contributed by atoms with Crippen LogP contribution in [0.25, 0.3) is 0 Å². The second-order valence-electron chi connectivity index (χ2n) is 4.52. The maximum atomic E-state index is 10.7. The van der Waals surface area contributed by atoms with Crippen LogP contribution in [0.4, 0.5) is 0 Å². The van der Waals surface area contributed by atoms with E-state index in [1.165, 1.54) is 0 Å². The molecule has 0 amide bonds. The van der Waals surface area contributed by atoms with Crippen molar-refractivity contribution >= 4 is 0 Å². The molecule has 0 aliphatic rings. The summed E-state index contributed by atoms with van der Waals surface area (Å²) < 4.78 is 8.80. The second kappa shape index (κ2) is 5.05. The normalized spacial score (nSPS) is 12.7. The highest BCUT2D eigenvalue weighted by Crippen LogP contribution is 2.32. The average Bonchev–Trinajstić information content (AvgIpc) is 2.90. The fourth-order valence-electron chi connectivity index (χ4n) is 2.39. The molecule has 2 heterocycles. The van der Waals surface area contributed by atoms with Crippen LogP contribution in [0.5, 0.6) is 5.75 Å². The van der Waals surface area contributed by atoms with Crippen LogP contribution in [0.1, 0.15) is 35.7 Å². The summed E-state index contributed by atoms with van der Waals surface area (Å²) in [5.74, 6) is 0.594. The third kappa shape index (κ3) is 2.12. The number of aryl methyl sites for hydroxylation is 3. The van der Waals surface area contributed by atoms with Crippen LogP contribution in [0.2, 0.25) is 0 Å². The lowest BCUT2D eigenvalue weighted by Crippen LogP contribution is -2.11. The summed E-state index contributed by atoms with van der Waals surface area (Å²) in [6.45, 7) is 6.49. The molecule has 2 aromatic rings. The van der Waals surface area contributed by atoms with Crippen LogP contribution in [0.3, 0.4) is 0 Å². The molecular weight excluding hydrogens is 244 g/mol. The molecule has 2 rings (SSSR count). The van der Waals surface area contributed by atoms with Gasteiger partial charge in [-0.25, -0.2) is 0 Å². The van der Waals surface area contributed by atoms with Crippen LogP contribution in [-0.4, -0.2) is 31.8 Å². The Hall–Kier alpha value is -1.82. The van der Waals surface area contributed by atoms with E-state index in [-0.39, 0.29) is 0 Å². The highest BCUT2D eigenvalue weighted by Gasteiger charge is 2.26. The Labute approximate surface area is 112 Å². The minimum Gasteiger partial charge on any atom is -0.493 e. The summed E-state index contributed by atoms with van der Waals surface area (Å²) in [5.41, 5.74) is 3.24. The number of hydrogen-bond acceptors (Lipinski definition) is 4. The topological polar surface area (TPSA) is 65.1 Å². The molecule has 1 N–H and O–H groups in total. The molecule has 0 radical (unpaired) electrons. The number of hydrogen-bond donors (Lipinski definition) is 1. The monoisotopic (exact) mass is 264 g/mol. The maximum Gasteiger partial charge on any atom is 0.163 e. The Morgan fingerprint density at radius 1 is 1.42 bits per heavy atom. The van der Waals surface area contributed by atoms with Gasteiger partial charge in [-0.15, -0.1) is 0 Å². The molecule has 0 aliphatic carbocycles. The van der Waals surface area contributed by atoms with E-state index in [1.54, 1.807) is 22.7 Å². The van der Waals surface area contributed by atoms with Gasteiger partial charge in [0.15, 0.2) is 5.75 Å². The first-order valence-corrected chi connectivity index (χ1v) is 6.29. The van der Waals surface area contributed by atoms with Gasteiger partial charge in [0.05, 0.1) is 19.0 Å². The van der Waals surface area contributed by atoms with Crippen molar-refractivity contribution in [3.63, 3.8) is 0 Å². The van der Waals surface area contributed by atoms with Gasteiger partial charge in [-0.05, 0) is 20.8 Å². The molecular formula is C13H20N4O2. The summed E-state index contributed by atoms with van der Waals surface area (Å²) in [6.07, 6.45) is 0.842. The number of aromatic nitrogens is 4. The van der Waals surface area contributed by atoms with E-state index in [4.69, 9.17) is 4.74 Å². The molecule has 0 saturated carbocycles. The molecule has 0 spiro atoms. The van der Waals surface area contributed by atoms with E-state index in [2.05, 4.69) is 10.2 Å². The standard InChI is InChI=1S/C13H20N4O2/c1-6-17-12(10(19-5)7-14-17)13(18)11-8(2)15-16(4)9(11)3/h7,13,18H,6H2,1-5H3. The predicted octanol–water partition coefficient (Wildman–Crippen LogP) is 1.34. The zero-order valence-electron chi connectivity index (χ0n) is 12.0. The van der Waals surface area contributed by atoms with Crippen LogP contribution in [0.15, 0.2) is 6.20 Å². The van der Waals surface area contributed by atoms with Crippen molar-refractivity contribution in [2.75, 3.05) is 7.11 Å². The van der Waals surface area contributed by atoms with Gasteiger partial charge in [0.25, 0.3) is 0 Å². The number of rotatable bonds is 4. The van der Waals surface area contributed by atoms with Gasteiger partial charge in [-0.2, -0.15) is 10.2 Å². The molecule has 0 bridgehead atoms. The van der Waals surface area contributed by atoms with E-state index in [1.807, 2.05) is 27.8 Å². The zero-order chi connectivity index (χ0) is 14.2. The van der Waals surface area contributed by atoms with Gasteiger partial charge in [-0.1, -0.05) is 0 Å². The SMILES string of the molecule is CCn1ncc(OC)c1C(O)c1c(C)nn(C)c1C. The van der Waals surface area contributed by atoms with E-state index in [0.29, 0.717) is 18.0 Å². The number of nitrogens with zero attached hydrogens (tertiary/aromatic N) is 4. The summed E-state index contributed by atoms with van der Waals surface area (Å²) in [4.78, 5) is 0. The van der Waals surface area contributed by atoms with Crippen LogP contribution in [-0.2, 0) is 13.6 Å². The minimum atomic E-state index is -0.786. The lowest BCUT2D eigenvalue weighted by Gasteiger charge is -2.15. The Bertz CT molecular complexity index is 564. The van der Waals surface area contributed by atoms with Gasteiger partial charge in [0, 0.05) is 24.8 Å². The highest BCUT2D eigenvalue weighted by molar-refractivity contribution is 5.38. The first kappa shape index (κ1) is 13.6. The fraction of sp³-hybridized carbons (Fsp3) is 0.538. The first-order chi connectivity index (χ1) is 9.01. The molecule has 0 fully saturated rings. The highest BCUT2D eigenvalue weighted by atomic mass is 16.5. The summed E-state index contributed by atoms with van der Waals surface area (Å²) in [7, 11) is 3.45. The van der Waals surface area contributed by atoms with Crippen LogP contribution < -0.4 is 4.74 Å². The summed E-state index contributed by atoms with van der Waals surface area (Å²) in [6, 6.07) is 0. The third-order valence-electron chi connectivity index (χ3n) is 3.46. The Kier molecular flexibility index (Phi) is 3.61. The Balaban J connectivity index is 2.55. The third-order valence-corrected chi connectivity index (χ3v) is 3.46. The van der Waals surface area contributed by atoms with Crippen LogP contribution >= 0.6 is 0 Å². The van der Waals surface area contributed by atoms with Crippen molar-refractivity contribution in [1.82, 2.24) is 19.6 Å². The summed E-state index contributed by atoms with van der Waals surface area (Å²) in [5, 5.41) is 19.2. The van der Waals surface area contributed by atoms with E-state index >= 15 is 0 Å². The molecule has 6 nitrogen and oxygen atoms in total. The van der Waals surface area contributed by atoms with Gasteiger partial charge in [0.1, 0.15) is 11.8 Å². The van der Waals surface area contributed by atoms with Crippen molar-refractivity contribution in [2.24, 2.45) is 7.05 Å².